The van der Waals surface area contributed by atoms with E-state index in [1.165, 1.54) is 16.6 Å². The molecule has 36 heavy (non-hydrogen) atoms. The lowest BCUT2D eigenvalue weighted by molar-refractivity contribution is 0.0973. The summed E-state index contributed by atoms with van der Waals surface area (Å²) >= 11 is 0. The summed E-state index contributed by atoms with van der Waals surface area (Å²) in [6, 6.07) is 30.6. The summed E-state index contributed by atoms with van der Waals surface area (Å²) < 4.78 is 2.30. The van der Waals surface area contributed by atoms with Crippen LogP contribution in [0, 0.1) is 5.92 Å². The first kappa shape index (κ1) is 31.9. The predicted molar refractivity (Wildman–Crippen MR) is 157 cm³/mol. The third-order valence-corrected chi connectivity index (χ3v) is 6.61. The normalized spacial score (nSPS) is 14.7. The molecule has 1 unspecified atom stereocenters. The molecule has 1 aliphatic rings. The number of fused-ring (bicyclic) bond motifs is 1. The summed E-state index contributed by atoms with van der Waals surface area (Å²) in [7, 11) is 0. The summed E-state index contributed by atoms with van der Waals surface area (Å²) in [6.07, 6.45) is 1.99. The predicted octanol–water partition coefficient (Wildman–Crippen LogP) is 5.52. The fraction of sp³-hybridized carbons (Fsp3) is 0.321. The van der Waals surface area contributed by atoms with Crippen LogP contribution in [0.5, 0.6) is 0 Å². The molecule has 1 fully saturated rings. The summed E-state index contributed by atoms with van der Waals surface area (Å²) in [6.45, 7) is 8.91. The van der Waals surface area contributed by atoms with E-state index in [1.54, 1.807) is 0 Å². The highest BCUT2D eigenvalue weighted by molar-refractivity contribution is 5.86. The van der Waals surface area contributed by atoms with Crippen LogP contribution in [0.15, 0.2) is 91.3 Å². The average molecular weight is 552 g/mol. The molecule has 5 nitrogen and oxygen atoms in total. The van der Waals surface area contributed by atoms with Gasteiger partial charge in [0.2, 0.25) is 0 Å². The lowest BCUT2D eigenvalue weighted by atomic mass is 9.96. The second kappa shape index (κ2) is 15.2. The van der Waals surface area contributed by atoms with Crippen LogP contribution < -0.4 is 0 Å². The molecule has 1 aromatic heterocycles. The van der Waals surface area contributed by atoms with Crippen LogP contribution >= 0.6 is 37.2 Å². The zero-order valence-electron chi connectivity index (χ0n) is 20.6. The number of rotatable bonds is 7. The number of benzene rings is 3. The van der Waals surface area contributed by atoms with Gasteiger partial charge in [-0.25, -0.2) is 4.98 Å². The van der Waals surface area contributed by atoms with Crippen molar-refractivity contribution < 1.29 is 5.48 Å². The smallest absolute Gasteiger partial charge is 0.0958 e. The quantitative estimate of drug-likeness (QED) is 0.304. The van der Waals surface area contributed by atoms with E-state index in [0.717, 1.165) is 44.8 Å². The largest absolute Gasteiger partial charge is 0.412 e. The van der Waals surface area contributed by atoms with Crippen LogP contribution in [0.3, 0.4) is 0 Å². The molecule has 2 heterocycles. The van der Waals surface area contributed by atoms with Crippen molar-refractivity contribution in [3.05, 3.63) is 102 Å². The van der Waals surface area contributed by atoms with E-state index >= 15 is 0 Å². The number of para-hydroxylation sites is 2. The molecule has 1 aliphatic heterocycles. The van der Waals surface area contributed by atoms with E-state index in [-0.39, 0.29) is 42.7 Å². The fourth-order valence-corrected chi connectivity index (χ4v) is 5.08. The van der Waals surface area contributed by atoms with Crippen LogP contribution in [0.1, 0.15) is 24.1 Å². The van der Waals surface area contributed by atoms with Crippen molar-refractivity contribution in [2.45, 2.75) is 19.5 Å². The second-order valence-corrected chi connectivity index (χ2v) is 9.05. The lowest BCUT2D eigenvalue weighted by Gasteiger charge is -2.40. The first-order chi connectivity index (χ1) is 15.8. The number of halogens is 3. The maximum absolute atomic E-state index is 4.55. The molecule has 0 saturated carbocycles. The molecule has 0 radical (unpaired) electrons. The van der Waals surface area contributed by atoms with E-state index in [0.29, 0.717) is 12.0 Å². The number of piperazine rings is 1. The van der Waals surface area contributed by atoms with E-state index in [1.807, 2.05) is 6.33 Å². The third-order valence-electron chi connectivity index (χ3n) is 6.61. The van der Waals surface area contributed by atoms with Crippen molar-refractivity contribution in [2.75, 3.05) is 32.7 Å². The Morgan fingerprint density at radius 1 is 0.694 bits per heavy atom. The lowest BCUT2D eigenvalue weighted by Crippen LogP contribution is -2.49. The highest BCUT2D eigenvalue weighted by Crippen LogP contribution is 2.29. The summed E-state index contributed by atoms with van der Waals surface area (Å²) in [5.41, 5.74) is 5.08. The molecule has 1 saturated heterocycles. The van der Waals surface area contributed by atoms with E-state index < -0.39 is 0 Å². The van der Waals surface area contributed by atoms with Crippen molar-refractivity contribution in [1.29, 1.82) is 0 Å². The first-order valence-electron chi connectivity index (χ1n) is 11.7. The SMILES string of the molecule is CC(CN1CCN(C(c2ccccc2)c2ccccc2)CC1)Cn1cnc2ccccc21.Cl.Cl.Cl.O. The van der Waals surface area contributed by atoms with Gasteiger partial charge >= 0.3 is 0 Å². The molecular weight excluding hydrogens is 515 g/mol. The van der Waals surface area contributed by atoms with Crippen molar-refractivity contribution in [1.82, 2.24) is 19.4 Å². The monoisotopic (exact) mass is 550 g/mol. The molecule has 4 aromatic rings. The van der Waals surface area contributed by atoms with Gasteiger partial charge in [0.1, 0.15) is 0 Å². The Bertz CT molecular complexity index is 1100. The van der Waals surface area contributed by atoms with Crippen LogP contribution in [-0.4, -0.2) is 57.6 Å². The van der Waals surface area contributed by atoms with Crippen molar-refractivity contribution >= 4 is 48.3 Å². The van der Waals surface area contributed by atoms with E-state index in [2.05, 4.69) is 111 Å². The molecule has 196 valence electrons. The highest BCUT2D eigenvalue weighted by atomic mass is 35.5. The summed E-state index contributed by atoms with van der Waals surface area (Å²) in [5, 5.41) is 0. The summed E-state index contributed by atoms with van der Waals surface area (Å²) in [4.78, 5) is 9.83. The van der Waals surface area contributed by atoms with Gasteiger partial charge in [-0.2, -0.15) is 0 Å². The molecule has 0 amide bonds. The van der Waals surface area contributed by atoms with Crippen molar-refractivity contribution in [2.24, 2.45) is 5.92 Å². The number of nitrogens with zero attached hydrogens (tertiary/aromatic N) is 4. The third kappa shape index (κ3) is 7.45. The van der Waals surface area contributed by atoms with Crippen LogP contribution in [0.4, 0.5) is 0 Å². The Morgan fingerprint density at radius 3 is 1.81 bits per heavy atom. The Labute approximate surface area is 233 Å². The van der Waals surface area contributed by atoms with Gasteiger partial charge in [-0.05, 0) is 29.2 Å². The van der Waals surface area contributed by atoms with Gasteiger partial charge in [0, 0.05) is 39.3 Å². The zero-order valence-corrected chi connectivity index (χ0v) is 23.0. The number of aromatic nitrogens is 2. The number of hydrogen-bond donors (Lipinski definition) is 0. The minimum absolute atomic E-state index is 0. The minimum Gasteiger partial charge on any atom is -0.412 e. The van der Waals surface area contributed by atoms with Gasteiger partial charge in [-0.15, -0.1) is 37.2 Å². The molecule has 2 N–H and O–H groups in total. The Balaban J connectivity index is 0.00000162. The molecule has 0 bridgehead atoms. The Kier molecular flexibility index (Phi) is 13.5. The molecule has 8 heteroatoms. The zero-order chi connectivity index (χ0) is 21.8. The topological polar surface area (TPSA) is 55.8 Å². The van der Waals surface area contributed by atoms with Crippen molar-refractivity contribution in [3.8, 4) is 0 Å². The van der Waals surface area contributed by atoms with E-state index in [4.69, 9.17) is 0 Å². The maximum atomic E-state index is 4.55. The van der Waals surface area contributed by atoms with Gasteiger partial charge in [-0.1, -0.05) is 79.7 Å². The Morgan fingerprint density at radius 2 is 1.22 bits per heavy atom. The average Bonchev–Trinajstić information content (AvgIpc) is 3.24. The van der Waals surface area contributed by atoms with Gasteiger partial charge < -0.3 is 14.9 Å². The number of hydrogen-bond acceptors (Lipinski definition) is 3. The van der Waals surface area contributed by atoms with Gasteiger partial charge in [0.05, 0.1) is 23.4 Å². The molecule has 3 aromatic carbocycles. The summed E-state index contributed by atoms with van der Waals surface area (Å²) in [5.74, 6) is 0.582. The standard InChI is InChI=1S/C28H32N4.3ClH.H2O/c1-23(21-32-22-29-26-14-8-9-15-27(26)32)20-30-16-18-31(19-17-30)28(24-10-4-2-5-11-24)25-12-6-3-7-13-25;;;;/h2-15,22-23,28H,16-21H2,1H3;3*1H;1H2. The van der Waals surface area contributed by atoms with Gasteiger partial charge in [0.25, 0.3) is 0 Å². The molecule has 0 spiro atoms. The van der Waals surface area contributed by atoms with Crippen LogP contribution in [-0.2, 0) is 6.54 Å². The second-order valence-electron chi connectivity index (χ2n) is 9.05. The van der Waals surface area contributed by atoms with Crippen molar-refractivity contribution in [3.63, 3.8) is 0 Å². The fourth-order valence-electron chi connectivity index (χ4n) is 5.08. The molecular formula is C28H37Cl3N4O. The molecule has 5 rings (SSSR count). The Hall–Kier alpha value is -2.12. The highest BCUT2D eigenvalue weighted by Gasteiger charge is 2.26. The maximum Gasteiger partial charge on any atom is 0.0958 e. The first-order valence-corrected chi connectivity index (χ1v) is 11.7. The number of imidazole rings is 1. The van der Waals surface area contributed by atoms with Gasteiger partial charge in [0.15, 0.2) is 0 Å². The van der Waals surface area contributed by atoms with E-state index in [9.17, 15) is 0 Å². The van der Waals surface area contributed by atoms with Gasteiger partial charge in [-0.3, -0.25) is 4.90 Å². The molecule has 0 aliphatic carbocycles. The minimum atomic E-state index is 0. The van der Waals surface area contributed by atoms with Crippen LogP contribution in [0.25, 0.3) is 11.0 Å². The molecule has 1 atom stereocenters. The van der Waals surface area contributed by atoms with Crippen LogP contribution in [0.2, 0.25) is 0 Å².